The Labute approximate surface area is 48.6 Å². The lowest BCUT2D eigenvalue weighted by Crippen LogP contribution is -2.18. The Kier molecular flexibility index (Phi) is 1.05. The summed E-state index contributed by atoms with van der Waals surface area (Å²) in [5.74, 6) is 0. The highest BCUT2D eigenvalue weighted by Gasteiger charge is 2.37. The standard InChI is InChI=1S/C5H9ClO/c1-5(2,6)4-3-7-4/h4H,3H2,1-2H3. The average Bonchev–Trinajstić information content (AvgIpc) is 1.99. The van der Waals surface area contributed by atoms with Crippen molar-refractivity contribution < 1.29 is 4.74 Å². The first-order chi connectivity index (χ1) is 3.11. The van der Waals surface area contributed by atoms with E-state index in [1.165, 1.54) is 0 Å². The predicted molar refractivity (Wildman–Crippen MR) is 29.7 cm³/mol. The maximum absolute atomic E-state index is 5.81. The molecule has 0 aromatic carbocycles. The Balaban J connectivity index is 2.36. The van der Waals surface area contributed by atoms with E-state index in [4.69, 9.17) is 16.3 Å². The number of epoxide rings is 1. The number of rotatable bonds is 1. The molecule has 0 aromatic rings. The summed E-state index contributed by atoms with van der Waals surface area (Å²) in [6, 6.07) is 0. The number of alkyl halides is 1. The molecular formula is C5H9ClO. The molecule has 1 atom stereocenters. The lowest BCUT2D eigenvalue weighted by atomic mass is 10.1. The molecule has 7 heavy (non-hydrogen) atoms. The third-order valence-corrected chi connectivity index (χ3v) is 1.34. The van der Waals surface area contributed by atoms with E-state index in [0.29, 0.717) is 6.10 Å². The second kappa shape index (κ2) is 1.36. The van der Waals surface area contributed by atoms with Gasteiger partial charge in [-0.2, -0.15) is 0 Å². The van der Waals surface area contributed by atoms with Crippen molar-refractivity contribution in [3.8, 4) is 0 Å². The van der Waals surface area contributed by atoms with Crippen LogP contribution in [0.3, 0.4) is 0 Å². The largest absolute Gasteiger partial charge is 0.371 e. The van der Waals surface area contributed by atoms with Crippen LogP contribution in [-0.2, 0) is 4.74 Å². The van der Waals surface area contributed by atoms with Crippen LogP contribution in [0, 0.1) is 0 Å². The van der Waals surface area contributed by atoms with Crippen molar-refractivity contribution in [2.24, 2.45) is 0 Å². The van der Waals surface area contributed by atoms with Gasteiger partial charge in [-0.3, -0.25) is 0 Å². The molecule has 1 nitrogen and oxygen atoms in total. The van der Waals surface area contributed by atoms with Gasteiger partial charge in [-0.15, -0.1) is 11.6 Å². The fraction of sp³-hybridized carbons (Fsp3) is 1.00. The zero-order valence-corrected chi connectivity index (χ0v) is 5.33. The fourth-order valence-corrected chi connectivity index (χ4v) is 0.570. The Bertz CT molecular complexity index is 70.6. The molecule has 1 unspecified atom stereocenters. The second-order valence-electron chi connectivity index (χ2n) is 2.39. The van der Waals surface area contributed by atoms with Gasteiger partial charge in [-0.25, -0.2) is 0 Å². The molecule has 0 N–H and O–H groups in total. The highest BCUT2D eigenvalue weighted by atomic mass is 35.5. The molecule has 0 aliphatic carbocycles. The van der Waals surface area contributed by atoms with Crippen LogP contribution in [0.15, 0.2) is 0 Å². The predicted octanol–water partition coefficient (Wildman–Crippen LogP) is 1.40. The van der Waals surface area contributed by atoms with Crippen molar-refractivity contribution >= 4 is 11.6 Å². The van der Waals surface area contributed by atoms with Crippen molar-refractivity contribution in [2.45, 2.75) is 24.8 Å². The summed E-state index contributed by atoms with van der Waals surface area (Å²) in [4.78, 5) is -0.139. The highest BCUT2D eigenvalue weighted by molar-refractivity contribution is 6.24. The van der Waals surface area contributed by atoms with E-state index in [1.807, 2.05) is 13.8 Å². The molecule has 42 valence electrons. The first-order valence-electron chi connectivity index (χ1n) is 2.41. The fourth-order valence-electron chi connectivity index (χ4n) is 0.444. The van der Waals surface area contributed by atoms with E-state index in [0.717, 1.165) is 6.61 Å². The van der Waals surface area contributed by atoms with Crippen LogP contribution in [0.2, 0.25) is 0 Å². The zero-order chi connectivity index (χ0) is 5.49. The van der Waals surface area contributed by atoms with E-state index in [-0.39, 0.29) is 4.87 Å². The van der Waals surface area contributed by atoms with Crippen LogP contribution in [0.4, 0.5) is 0 Å². The van der Waals surface area contributed by atoms with Crippen LogP contribution < -0.4 is 0 Å². The Morgan fingerprint density at radius 3 is 2.14 bits per heavy atom. The first-order valence-corrected chi connectivity index (χ1v) is 2.79. The zero-order valence-electron chi connectivity index (χ0n) is 4.57. The molecule has 0 saturated carbocycles. The minimum atomic E-state index is -0.139. The summed E-state index contributed by atoms with van der Waals surface area (Å²) in [6.45, 7) is 4.77. The normalized spacial score (nSPS) is 30.4. The van der Waals surface area contributed by atoms with Crippen LogP contribution in [-0.4, -0.2) is 17.6 Å². The Morgan fingerprint density at radius 1 is 1.71 bits per heavy atom. The molecule has 1 aliphatic heterocycles. The van der Waals surface area contributed by atoms with Gasteiger partial charge in [-0.05, 0) is 13.8 Å². The van der Waals surface area contributed by atoms with Crippen molar-refractivity contribution in [1.29, 1.82) is 0 Å². The summed E-state index contributed by atoms with van der Waals surface area (Å²) in [5, 5.41) is 0. The number of ether oxygens (including phenoxy) is 1. The van der Waals surface area contributed by atoms with E-state index in [2.05, 4.69) is 0 Å². The van der Waals surface area contributed by atoms with Crippen LogP contribution in [0.25, 0.3) is 0 Å². The second-order valence-corrected chi connectivity index (χ2v) is 3.36. The van der Waals surface area contributed by atoms with Crippen LogP contribution in [0.1, 0.15) is 13.8 Å². The molecule has 0 amide bonds. The number of hydrogen-bond acceptors (Lipinski definition) is 1. The van der Waals surface area contributed by atoms with Gasteiger partial charge < -0.3 is 4.74 Å². The molecular weight excluding hydrogens is 112 g/mol. The lowest BCUT2D eigenvalue weighted by molar-refractivity contribution is 0.370. The SMILES string of the molecule is CC(C)(Cl)C1CO1. The molecule has 0 radical (unpaired) electrons. The molecule has 1 fully saturated rings. The summed E-state index contributed by atoms with van der Waals surface area (Å²) in [5.41, 5.74) is 0. The summed E-state index contributed by atoms with van der Waals surface area (Å²) in [6.07, 6.45) is 0.314. The van der Waals surface area contributed by atoms with Gasteiger partial charge in [-0.1, -0.05) is 0 Å². The molecule has 1 rings (SSSR count). The van der Waals surface area contributed by atoms with Gasteiger partial charge in [0.05, 0.1) is 17.6 Å². The van der Waals surface area contributed by atoms with Gasteiger partial charge in [0.2, 0.25) is 0 Å². The lowest BCUT2D eigenvalue weighted by Gasteiger charge is -2.09. The first kappa shape index (κ1) is 5.39. The monoisotopic (exact) mass is 120 g/mol. The molecule has 0 spiro atoms. The quantitative estimate of drug-likeness (QED) is 0.377. The molecule has 1 saturated heterocycles. The molecule has 2 heteroatoms. The van der Waals surface area contributed by atoms with Crippen molar-refractivity contribution in [3.05, 3.63) is 0 Å². The maximum Gasteiger partial charge on any atom is 0.0995 e. The van der Waals surface area contributed by atoms with Gasteiger partial charge in [0.1, 0.15) is 0 Å². The Hall–Kier alpha value is 0.250. The summed E-state index contributed by atoms with van der Waals surface area (Å²) in [7, 11) is 0. The van der Waals surface area contributed by atoms with Gasteiger partial charge in [0.15, 0.2) is 0 Å². The van der Waals surface area contributed by atoms with Gasteiger partial charge in [0, 0.05) is 0 Å². The van der Waals surface area contributed by atoms with Crippen molar-refractivity contribution in [1.82, 2.24) is 0 Å². The van der Waals surface area contributed by atoms with E-state index in [9.17, 15) is 0 Å². The molecule has 1 heterocycles. The van der Waals surface area contributed by atoms with E-state index < -0.39 is 0 Å². The van der Waals surface area contributed by atoms with E-state index >= 15 is 0 Å². The smallest absolute Gasteiger partial charge is 0.0995 e. The van der Waals surface area contributed by atoms with Crippen molar-refractivity contribution in [3.63, 3.8) is 0 Å². The minimum absolute atomic E-state index is 0.139. The van der Waals surface area contributed by atoms with Gasteiger partial charge >= 0.3 is 0 Å². The molecule has 0 aromatic heterocycles. The van der Waals surface area contributed by atoms with Crippen molar-refractivity contribution in [2.75, 3.05) is 6.61 Å². The molecule has 0 bridgehead atoms. The Morgan fingerprint density at radius 2 is 2.14 bits per heavy atom. The third-order valence-electron chi connectivity index (χ3n) is 1.10. The maximum atomic E-state index is 5.81. The average molecular weight is 121 g/mol. The van der Waals surface area contributed by atoms with Crippen LogP contribution in [0.5, 0.6) is 0 Å². The minimum Gasteiger partial charge on any atom is -0.371 e. The highest BCUT2D eigenvalue weighted by Crippen LogP contribution is 2.29. The topological polar surface area (TPSA) is 12.5 Å². The third kappa shape index (κ3) is 1.32. The summed E-state index contributed by atoms with van der Waals surface area (Å²) >= 11 is 5.81. The number of hydrogen-bond donors (Lipinski definition) is 0. The number of halogens is 1. The van der Waals surface area contributed by atoms with E-state index in [1.54, 1.807) is 0 Å². The van der Waals surface area contributed by atoms with Gasteiger partial charge in [0.25, 0.3) is 0 Å². The summed E-state index contributed by atoms with van der Waals surface area (Å²) < 4.78 is 4.94. The molecule has 1 aliphatic rings. The van der Waals surface area contributed by atoms with Crippen LogP contribution >= 0.6 is 11.6 Å².